The third kappa shape index (κ3) is 3.47. The fourth-order valence-electron chi connectivity index (χ4n) is 2.16. The molecule has 0 aromatic heterocycles. The maximum absolute atomic E-state index is 12.6. The largest absolute Gasteiger partial charge is 0.416 e. The number of hydrogen-bond acceptors (Lipinski definition) is 1. The van der Waals surface area contributed by atoms with Crippen molar-refractivity contribution in [2.45, 2.75) is 19.5 Å². The van der Waals surface area contributed by atoms with Gasteiger partial charge in [0.1, 0.15) is 6.29 Å². The summed E-state index contributed by atoms with van der Waals surface area (Å²) in [5.74, 6) is 0. The van der Waals surface area contributed by atoms with Gasteiger partial charge in [-0.2, -0.15) is 13.2 Å². The molecule has 0 aliphatic rings. The lowest BCUT2D eigenvalue weighted by atomic mass is 9.99. The van der Waals surface area contributed by atoms with E-state index >= 15 is 0 Å². The lowest BCUT2D eigenvalue weighted by molar-refractivity contribution is -0.137. The highest BCUT2D eigenvalue weighted by molar-refractivity contribution is 5.75. The van der Waals surface area contributed by atoms with Gasteiger partial charge in [0.05, 0.1) is 5.56 Å². The van der Waals surface area contributed by atoms with Gasteiger partial charge in [0, 0.05) is 5.56 Å². The van der Waals surface area contributed by atoms with Crippen LogP contribution in [0.1, 0.15) is 32.6 Å². The maximum Gasteiger partial charge on any atom is 0.416 e. The minimum absolute atomic E-state index is 0.367. The second-order valence-corrected chi connectivity index (χ2v) is 4.74. The second kappa shape index (κ2) is 5.49. The van der Waals surface area contributed by atoms with E-state index in [0.29, 0.717) is 17.5 Å². The molecule has 0 spiro atoms. The van der Waals surface area contributed by atoms with Crippen molar-refractivity contribution in [1.82, 2.24) is 0 Å². The molecule has 0 saturated carbocycles. The Kier molecular flexibility index (Phi) is 3.93. The van der Waals surface area contributed by atoms with E-state index < -0.39 is 11.7 Å². The highest BCUT2D eigenvalue weighted by Gasteiger charge is 2.30. The van der Waals surface area contributed by atoms with Gasteiger partial charge in [-0.05, 0) is 42.7 Å². The monoisotopic (exact) mass is 278 g/mol. The number of rotatable bonds is 3. The first kappa shape index (κ1) is 14.3. The Morgan fingerprint density at radius 2 is 1.80 bits per heavy atom. The summed E-state index contributed by atoms with van der Waals surface area (Å²) in [5.41, 5.74) is 2.19. The average molecular weight is 278 g/mol. The topological polar surface area (TPSA) is 17.1 Å². The van der Waals surface area contributed by atoms with E-state index in [-0.39, 0.29) is 0 Å². The molecule has 0 unspecified atom stereocenters. The van der Waals surface area contributed by atoms with E-state index in [1.807, 2.05) is 13.0 Å². The Hall–Kier alpha value is -2.10. The Morgan fingerprint density at radius 3 is 2.45 bits per heavy atom. The van der Waals surface area contributed by atoms with Crippen molar-refractivity contribution in [3.05, 3.63) is 70.3 Å². The molecule has 2 rings (SSSR count). The van der Waals surface area contributed by atoms with Crippen LogP contribution in [0.15, 0.2) is 42.5 Å². The fourth-order valence-corrected chi connectivity index (χ4v) is 2.16. The molecule has 0 radical (unpaired) electrons. The number of halogens is 3. The van der Waals surface area contributed by atoms with Gasteiger partial charge in [0.15, 0.2) is 0 Å². The third-order valence-corrected chi connectivity index (χ3v) is 2.96. The van der Waals surface area contributed by atoms with Crippen molar-refractivity contribution >= 4 is 6.29 Å². The summed E-state index contributed by atoms with van der Waals surface area (Å²) in [6.45, 7) is 1.85. The van der Waals surface area contributed by atoms with Crippen LogP contribution in [0.2, 0.25) is 0 Å². The summed E-state index contributed by atoms with van der Waals surface area (Å²) in [7, 11) is 0. The van der Waals surface area contributed by atoms with Crippen LogP contribution in [-0.4, -0.2) is 6.29 Å². The minimum Gasteiger partial charge on any atom is -0.298 e. The van der Waals surface area contributed by atoms with E-state index in [9.17, 15) is 18.0 Å². The molecule has 0 aliphatic heterocycles. The molecule has 104 valence electrons. The summed E-state index contributed by atoms with van der Waals surface area (Å²) in [6, 6.07) is 10.5. The zero-order valence-corrected chi connectivity index (χ0v) is 10.9. The Morgan fingerprint density at radius 1 is 1.05 bits per heavy atom. The minimum atomic E-state index is -4.34. The first-order chi connectivity index (χ1) is 9.38. The van der Waals surface area contributed by atoms with Crippen LogP contribution >= 0.6 is 0 Å². The quantitative estimate of drug-likeness (QED) is 0.760. The van der Waals surface area contributed by atoms with E-state index in [1.54, 1.807) is 18.2 Å². The molecular formula is C16H13F3O. The van der Waals surface area contributed by atoms with E-state index in [4.69, 9.17) is 0 Å². The van der Waals surface area contributed by atoms with Crippen LogP contribution in [0.25, 0.3) is 0 Å². The number of benzene rings is 2. The molecule has 0 bridgehead atoms. The molecule has 0 fully saturated rings. The van der Waals surface area contributed by atoms with Gasteiger partial charge in [-0.3, -0.25) is 4.79 Å². The van der Waals surface area contributed by atoms with Crippen LogP contribution in [0.3, 0.4) is 0 Å². The predicted octanol–water partition coefficient (Wildman–Crippen LogP) is 4.42. The first-order valence-corrected chi connectivity index (χ1v) is 6.10. The van der Waals surface area contributed by atoms with Gasteiger partial charge in [-0.1, -0.05) is 29.8 Å². The maximum atomic E-state index is 12.6. The van der Waals surface area contributed by atoms with Gasteiger partial charge in [-0.25, -0.2) is 0 Å². The molecule has 0 atom stereocenters. The van der Waals surface area contributed by atoms with E-state index in [1.165, 1.54) is 6.07 Å². The molecule has 0 amide bonds. The molecule has 2 aromatic rings. The molecule has 0 aliphatic carbocycles. The molecule has 0 saturated heterocycles. The molecular weight excluding hydrogens is 265 g/mol. The standard InChI is InChI=1S/C16H13F3O/c1-11-5-13(8-14(6-11)10-20)7-12-3-2-4-15(9-12)16(17,18)19/h2-6,8-10H,7H2,1H3. The SMILES string of the molecule is Cc1cc(C=O)cc(Cc2cccc(C(F)(F)F)c2)c1. The van der Waals surface area contributed by atoms with Gasteiger partial charge < -0.3 is 0 Å². The lowest BCUT2D eigenvalue weighted by Crippen LogP contribution is -2.05. The van der Waals surface area contributed by atoms with Crippen molar-refractivity contribution in [2.75, 3.05) is 0 Å². The van der Waals surface area contributed by atoms with Crippen LogP contribution in [0, 0.1) is 6.92 Å². The van der Waals surface area contributed by atoms with Gasteiger partial charge in [0.25, 0.3) is 0 Å². The number of hydrogen-bond donors (Lipinski definition) is 0. The summed E-state index contributed by atoms with van der Waals surface area (Å²) in [5, 5.41) is 0. The highest BCUT2D eigenvalue weighted by Crippen LogP contribution is 2.30. The molecule has 0 heterocycles. The average Bonchev–Trinajstić information content (AvgIpc) is 2.37. The molecule has 4 heteroatoms. The van der Waals surface area contributed by atoms with Crippen molar-refractivity contribution in [1.29, 1.82) is 0 Å². The summed E-state index contributed by atoms with van der Waals surface area (Å²) >= 11 is 0. The van der Waals surface area contributed by atoms with Crippen LogP contribution in [0.4, 0.5) is 13.2 Å². The smallest absolute Gasteiger partial charge is 0.298 e. The second-order valence-electron chi connectivity index (χ2n) is 4.74. The molecule has 1 nitrogen and oxygen atoms in total. The molecule has 0 N–H and O–H groups in total. The number of aryl methyl sites for hydroxylation is 1. The van der Waals surface area contributed by atoms with Crippen LogP contribution in [-0.2, 0) is 12.6 Å². The summed E-state index contributed by atoms with van der Waals surface area (Å²) < 4.78 is 37.9. The van der Waals surface area contributed by atoms with Crippen molar-refractivity contribution in [3.8, 4) is 0 Å². The zero-order valence-electron chi connectivity index (χ0n) is 10.9. The number of aldehydes is 1. The van der Waals surface area contributed by atoms with E-state index in [0.717, 1.165) is 29.5 Å². The number of carbonyl (C=O) groups excluding carboxylic acids is 1. The fraction of sp³-hybridized carbons (Fsp3) is 0.188. The van der Waals surface area contributed by atoms with E-state index in [2.05, 4.69) is 0 Å². The summed E-state index contributed by atoms with van der Waals surface area (Å²) in [4.78, 5) is 10.8. The third-order valence-electron chi connectivity index (χ3n) is 2.96. The number of carbonyl (C=O) groups is 1. The lowest BCUT2D eigenvalue weighted by Gasteiger charge is -2.09. The highest BCUT2D eigenvalue weighted by atomic mass is 19.4. The Balaban J connectivity index is 2.30. The van der Waals surface area contributed by atoms with Crippen LogP contribution in [0.5, 0.6) is 0 Å². The first-order valence-electron chi connectivity index (χ1n) is 6.10. The van der Waals surface area contributed by atoms with Gasteiger partial charge in [0.2, 0.25) is 0 Å². The number of alkyl halides is 3. The Labute approximate surface area is 115 Å². The van der Waals surface area contributed by atoms with Gasteiger partial charge in [-0.15, -0.1) is 0 Å². The van der Waals surface area contributed by atoms with Crippen molar-refractivity contribution in [2.24, 2.45) is 0 Å². The van der Waals surface area contributed by atoms with Crippen LogP contribution < -0.4 is 0 Å². The molecule has 2 aromatic carbocycles. The molecule has 20 heavy (non-hydrogen) atoms. The van der Waals surface area contributed by atoms with Gasteiger partial charge >= 0.3 is 6.18 Å². The Bertz CT molecular complexity index is 630. The normalized spacial score (nSPS) is 11.4. The predicted molar refractivity (Wildman–Crippen MR) is 70.8 cm³/mol. The van der Waals surface area contributed by atoms with Crippen molar-refractivity contribution in [3.63, 3.8) is 0 Å². The summed E-state index contributed by atoms with van der Waals surface area (Å²) in [6.07, 6.45) is -3.23. The zero-order chi connectivity index (χ0) is 14.8. The van der Waals surface area contributed by atoms with Crippen molar-refractivity contribution < 1.29 is 18.0 Å².